The molecule has 1 amide bonds. The van der Waals surface area contributed by atoms with Crippen molar-refractivity contribution in [2.45, 2.75) is 6.42 Å². The zero-order chi connectivity index (χ0) is 17.8. The predicted octanol–water partition coefficient (Wildman–Crippen LogP) is 4.66. The van der Waals surface area contributed by atoms with Gasteiger partial charge in [-0.15, -0.1) is 11.3 Å². The van der Waals surface area contributed by atoms with Crippen molar-refractivity contribution in [2.75, 3.05) is 5.32 Å². The molecule has 0 atom stereocenters. The summed E-state index contributed by atoms with van der Waals surface area (Å²) in [5.74, 6) is -0.168. The number of carbonyl (C=O) groups is 1. The Hall–Kier alpha value is -2.58. The van der Waals surface area contributed by atoms with Crippen LogP contribution in [0, 0.1) is 10.1 Å². The van der Waals surface area contributed by atoms with E-state index in [1.54, 1.807) is 17.5 Å². The monoisotopic (exact) mass is 417 g/mol. The molecule has 8 heteroatoms. The van der Waals surface area contributed by atoms with Gasteiger partial charge in [-0.1, -0.05) is 40.2 Å². The van der Waals surface area contributed by atoms with Crippen molar-refractivity contribution in [2.24, 2.45) is 0 Å². The highest BCUT2D eigenvalue weighted by molar-refractivity contribution is 9.10. The van der Waals surface area contributed by atoms with Gasteiger partial charge in [0.2, 0.25) is 5.91 Å². The Labute approximate surface area is 155 Å². The molecule has 0 spiro atoms. The molecule has 3 rings (SSSR count). The summed E-state index contributed by atoms with van der Waals surface area (Å²) < 4.78 is 0.917. The molecule has 0 fully saturated rings. The average Bonchev–Trinajstić information content (AvgIpc) is 3.03. The summed E-state index contributed by atoms with van der Waals surface area (Å²) in [6, 6.07) is 13.8. The minimum Gasteiger partial charge on any atom is -0.302 e. The first-order valence-corrected chi connectivity index (χ1v) is 8.93. The van der Waals surface area contributed by atoms with Crippen LogP contribution >= 0.6 is 27.3 Å². The van der Waals surface area contributed by atoms with Crippen LogP contribution < -0.4 is 5.32 Å². The summed E-state index contributed by atoms with van der Waals surface area (Å²) >= 11 is 4.65. The summed E-state index contributed by atoms with van der Waals surface area (Å²) in [4.78, 5) is 26.9. The molecule has 0 radical (unpaired) electrons. The molecule has 2 aromatic carbocycles. The minimum absolute atomic E-state index is 0.00531. The van der Waals surface area contributed by atoms with Crippen molar-refractivity contribution < 1.29 is 9.72 Å². The molecule has 3 aromatic rings. The number of benzene rings is 2. The topological polar surface area (TPSA) is 85.1 Å². The Bertz CT molecular complexity index is 942. The lowest BCUT2D eigenvalue weighted by molar-refractivity contribution is -0.384. The molecule has 0 bridgehead atoms. The molecule has 1 N–H and O–H groups in total. The standard InChI is InChI=1S/C17H12BrN3O3S/c18-13-5-1-3-11(7-13)8-16(22)20-17-19-15(10-25-17)12-4-2-6-14(9-12)21(23)24/h1-7,9-10H,8H2,(H,19,20,22). The fraction of sp³-hybridized carbons (Fsp3) is 0.0588. The van der Waals surface area contributed by atoms with Gasteiger partial charge in [-0.25, -0.2) is 4.98 Å². The molecule has 0 saturated heterocycles. The van der Waals surface area contributed by atoms with Gasteiger partial charge in [0.05, 0.1) is 17.0 Å². The van der Waals surface area contributed by atoms with Crippen LogP contribution in [0.2, 0.25) is 0 Å². The Balaban J connectivity index is 1.70. The first-order valence-electron chi connectivity index (χ1n) is 7.26. The molecular weight excluding hydrogens is 406 g/mol. The molecule has 0 unspecified atom stereocenters. The third kappa shape index (κ3) is 4.49. The fourth-order valence-electron chi connectivity index (χ4n) is 2.24. The van der Waals surface area contributed by atoms with Crippen molar-refractivity contribution >= 4 is 44.0 Å². The number of thiazole rings is 1. The third-order valence-corrected chi connectivity index (χ3v) is 4.61. The number of hydrogen-bond donors (Lipinski definition) is 1. The van der Waals surface area contributed by atoms with Gasteiger partial charge in [-0.05, 0) is 17.7 Å². The number of hydrogen-bond acceptors (Lipinski definition) is 5. The number of nitrogens with one attached hydrogen (secondary N) is 1. The van der Waals surface area contributed by atoms with E-state index >= 15 is 0 Å². The van der Waals surface area contributed by atoms with E-state index in [-0.39, 0.29) is 18.0 Å². The van der Waals surface area contributed by atoms with Crippen LogP contribution in [0.1, 0.15) is 5.56 Å². The van der Waals surface area contributed by atoms with Crippen LogP contribution in [0.3, 0.4) is 0 Å². The number of non-ortho nitro benzene ring substituents is 1. The number of nitrogens with zero attached hydrogens (tertiary/aromatic N) is 2. The second-order valence-corrected chi connectivity index (χ2v) is 6.97. The normalized spacial score (nSPS) is 10.4. The maximum absolute atomic E-state index is 12.1. The molecule has 6 nitrogen and oxygen atoms in total. The van der Waals surface area contributed by atoms with Crippen LogP contribution in [0.5, 0.6) is 0 Å². The Morgan fingerprint density at radius 1 is 1.24 bits per heavy atom. The summed E-state index contributed by atoms with van der Waals surface area (Å²) in [6.45, 7) is 0. The van der Waals surface area contributed by atoms with Crippen molar-refractivity contribution in [1.29, 1.82) is 0 Å². The maximum atomic E-state index is 12.1. The molecule has 126 valence electrons. The van der Waals surface area contributed by atoms with E-state index < -0.39 is 4.92 Å². The summed E-state index contributed by atoms with van der Waals surface area (Å²) in [6.07, 6.45) is 0.241. The highest BCUT2D eigenvalue weighted by Crippen LogP contribution is 2.27. The lowest BCUT2D eigenvalue weighted by Gasteiger charge is -2.02. The largest absolute Gasteiger partial charge is 0.302 e. The van der Waals surface area contributed by atoms with Crippen LogP contribution in [-0.2, 0) is 11.2 Å². The quantitative estimate of drug-likeness (QED) is 0.482. The van der Waals surface area contributed by atoms with Gasteiger partial charge < -0.3 is 5.32 Å². The number of anilines is 1. The van der Waals surface area contributed by atoms with Gasteiger partial charge in [0.25, 0.3) is 5.69 Å². The van der Waals surface area contributed by atoms with Crippen LogP contribution in [0.15, 0.2) is 58.4 Å². The molecule has 0 aliphatic carbocycles. The van der Waals surface area contributed by atoms with Crippen molar-refractivity contribution in [3.05, 3.63) is 74.1 Å². The second-order valence-electron chi connectivity index (χ2n) is 5.20. The van der Waals surface area contributed by atoms with Crippen LogP contribution in [0.4, 0.5) is 10.8 Å². The molecule has 0 aliphatic rings. The van der Waals surface area contributed by atoms with Crippen molar-refractivity contribution in [1.82, 2.24) is 4.98 Å². The first-order chi connectivity index (χ1) is 12.0. The molecular formula is C17H12BrN3O3S. The molecule has 1 heterocycles. The van der Waals surface area contributed by atoms with Crippen LogP contribution in [0.25, 0.3) is 11.3 Å². The van der Waals surface area contributed by atoms with E-state index in [4.69, 9.17) is 0 Å². The number of amides is 1. The summed E-state index contributed by atoms with van der Waals surface area (Å²) in [5.41, 5.74) is 2.12. The maximum Gasteiger partial charge on any atom is 0.270 e. The van der Waals surface area contributed by atoms with Gasteiger partial charge in [0.15, 0.2) is 5.13 Å². The van der Waals surface area contributed by atoms with Gasteiger partial charge in [0.1, 0.15) is 0 Å². The Morgan fingerprint density at radius 3 is 2.80 bits per heavy atom. The highest BCUT2D eigenvalue weighted by Gasteiger charge is 2.12. The van der Waals surface area contributed by atoms with Gasteiger partial charge >= 0.3 is 0 Å². The number of rotatable bonds is 5. The van der Waals surface area contributed by atoms with Gasteiger partial charge in [0, 0.05) is 27.5 Å². The van der Waals surface area contributed by atoms with E-state index in [9.17, 15) is 14.9 Å². The lowest BCUT2D eigenvalue weighted by Crippen LogP contribution is -2.14. The predicted molar refractivity (Wildman–Crippen MR) is 101 cm³/mol. The first kappa shape index (κ1) is 17.2. The van der Waals surface area contributed by atoms with Gasteiger partial charge in [-0.2, -0.15) is 0 Å². The summed E-state index contributed by atoms with van der Waals surface area (Å²) in [5, 5.41) is 15.8. The third-order valence-electron chi connectivity index (χ3n) is 3.36. The number of carbonyl (C=O) groups excluding carboxylic acids is 1. The molecule has 25 heavy (non-hydrogen) atoms. The number of nitro groups is 1. The Kier molecular flexibility index (Phi) is 5.20. The van der Waals surface area contributed by atoms with Crippen molar-refractivity contribution in [3.8, 4) is 11.3 Å². The zero-order valence-corrected chi connectivity index (χ0v) is 15.2. The molecule has 0 aliphatic heterocycles. The second kappa shape index (κ2) is 7.54. The zero-order valence-electron chi connectivity index (χ0n) is 12.8. The SMILES string of the molecule is O=C(Cc1cccc(Br)c1)Nc1nc(-c2cccc([N+](=O)[O-])c2)cs1. The van der Waals surface area contributed by atoms with E-state index in [0.717, 1.165) is 10.0 Å². The Morgan fingerprint density at radius 2 is 2.04 bits per heavy atom. The average molecular weight is 418 g/mol. The fourth-order valence-corrected chi connectivity index (χ4v) is 3.42. The highest BCUT2D eigenvalue weighted by atomic mass is 79.9. The molecule has 0 saturated carbocycles. The number of aromatic nitrogens is 1. The summed E-state index contributed by atoms with van der Waals surface area (Å²) in [7, 11) is 0. The lowest BCUT2D eigenvalue weighted by atomic mass is 10.1. The number of nitro benzene ring substituents is 1. The van der Waals surface area contributed by atoms with E-state index in [1.807, 2.05) is 24.3 Å². The minimum atomic E-state index is -0.448. The van der Waals surface area contributed by atoms with E-state index in [2.05, 4.69) is 26.2 Å². The number of halogens is 1. The molecule has 1 aromatic heterocycles. The van der Waals surface area contributed by atoms with E-state index in [0.29, 0.717) is 16.4 Å². The van der Waals surface area contributed by atoms with Crippen molar-refractivity contribution in [3.63, 3.8) is 0 Å². The smallest absolute Gasteiger partial charge is 0.270 e. The van der Waals surface area contributed by atoms with Gasteiger partial charge in [-0.3, -0.25) is 14.9 Å². The van der Waals surface area contributed by atoms with Crippen LogP contribution in [-0.4, -0.2) is 15.8 Å². The van der Waals surface area contributed by atoms with E-state index in [1.165, 1.54) is 23.5 Å².